The summed E-state index contributed by atoms with van der Waals surface area (Å²) in [6, 6.07) is 17.7. The number of piperidine rings is 2. The molecule has 0 radical (unpaired) electrons. The summed E-state index contributed by atoms with van der Waals surface area (Å²) >= 11 is 14.9. The number of nitrogens with zero attached hydrogens (tertiary/aromatic N) is 1. The normalized spacial score (nSPS) is 23.4. The number of halogens is 3. The van der Waals surface area contributed by atoms with Gasteiger partial charge in [0.2, 0.25) is 11.8 Å². The van der Waals surface area contributed by atoms with Crippen molar-refractivity contribution in [2.45, 2.75) is 69.1 Å². The number of carbonyl (C=O) groups is 3. The zero-order valence-corrected chi connectivity index (χ0v) is 28.8. The second kappa shape index (κ2) is 12.3. The van der Waals surface area contributed by atoms with Gasteiger partial charge in [0.25, 0.3) is 0 Å². The van der Waals surface area contributed by atoms with E-state index in [1.807, 2.05) is 57.2 Å². The Balaban J connectivity index is 1.35. The Labute approximate surface area is 286 Å². The smallest absolute Gasteiger partial charge is 0.410 e. The number of carbonyl (C=O) groups excluding carboxylic acids is 3. The van der Waals surface area contributed by atoms with Crippen molar-refractivity contribution in [3.8, 4) is 5.75 Å². The van der Waals surface area contributed by atoms with Crippen molar-refractivity contribution < 1.29 is 23.9 Å². The fourth-order valence-electron chi connectivity index (χ4n) is 6.60. The number of fused-ring (bicyclic) bond motifs is 2. The van der Waals surface area contributed by atoms with Crippen LogP contribution in [0.2, 0.25) is 10.0 Å². The molecule has 2 fully saturated rings. The molecule has 2 N–H and O–H groups in total. The molecule has 3 aliphatic heterocycles. The molecule has 45 heavy (non-hydrogen) atoms. The van der Waals surface area contributed by atoms with Crippen molar-refractivity contribution in [2.75, 3.05) is 18.4 Å². The van der Waals surface area contributed by atoms with Gasteiger partial charge in [-0.05, 0) is 103 Å². The van der Waals surface area contributed by atoms with Crippen molar-refractivity contribution in [3.05, 3.63) is 91.0 Å². The van der Waals surface area contributed by atoms with E-state index >= 15 is 0 Å². The maximum atomic E-state index is 14.2. The first-order valence-corrected chi connectivity index (χ1v) is 16.8. The minimum Gasteiger partial charge on any atom is -0.490 e. The van der Waals surface area contributed by atoms with Crippen molar-refractivity contribution >= 4 is 69.4 Å². The highest BCUT2D eigenvalue weighted by Crippen LogP contribution is 2.55. The first kappa shape index (κ1) is 31.9. The van der Waals surface area contributed by atoms with Crippen LogP contribution in [0.4, 0.5) is 10.5 Å². The number of anilines is 1. The van der Waals surface area contributed by atoms with E-state index in [4.69, 9.17) is 32.7 Å². The number of likely N-dealkylation sites (tertiary alicyclic amines) is 1. The summed E-state index contributed by atoms with van der Waals surface area (Å²) in [6.45, 7) is 6.56. The van der Waals surface area contributed by atoms with Crippen molar-refractivity contribution in [3.63, 3.8) is 0 Å². The summed E-state index contributed by atoms with van der Waals surface area (Å²) in [7, 11) is 0. The molecule has 0 bridgehead atoms. The molecule has 3 atom stereocenters. The van der Waals surface area contributed by atoms with Gasteiger partial charge in [0.15, 0.2) is 0 Å². The van der Waals surface area contributed by atoms with Gasteiger partial charge in [0, 0.05) is 50.8 Å². The molecule has 0 aliphatic carbocycles. The van der Waals surface area contributed by atoms with Crippen molar-refractivity contribution in [1.29, 1.82) is 0 Å². The second-order valence-corrected chi connectivity index (χ2v) is 15.0. The largest absolute Gasteiger partial charge is 0.490 e. The maximum Gasteiger partial charge on any atom is 0.410 e. The molecule has 3 aromatic carbocycles. The number of rotatable bonds is 4. The fourth-order valence-corrected chi connectivity index (χ4v) is 7.49. The second-order valence-electron chi connectivity index (χ2n) is 12.8. The van der Waals surface area contributed by atoms with Crippen LogP contribution in [0.5, 0.6) is 5.75 Å². The molecule has 6 rings (SSSR count). The Morgan fingerprint density at radius 1 is 1.00 bits per heavy atom. The average Bonchev–Trinajstić information content (AvgIpc) is 3.24. The number of ether oxygens (including phenoxy) is 2. The number of amides is 3. The number of benzene rings is 3. The van der Waals surface area contributed by atoms with E-state index in [1.165, 1.54) is 0 Å². The third kappa shape index (κ3) is 6.36. The van der Waals surface area contributed by atoms with E-state index in [1.54, 1.807) is 29.2 Å². The lowest BCUT2D eigenvalue weighted by Crippen LogP contribution is -2.55. The van der Waals surface area contributed by atoms with Crippen molar-refractivity contribution in [2.24, 2.45) is 0 Å². The third-order valence-electron chi connectivity index (χ3n) is 8.66. The summed E-state index contributed by atoms with van der Waals surface area (Å²) in [6.07, 6.45) is 0.962. The van der Waals surface area contributed by atoms with Gasteiger partial charge in [-0.3, -0.25) is 9.59 Å². The van der Waals surface area contributed by atoms with E-state index in [-0.39, 0.29) is 30.4 Å². The first-order valence-electron chi connectivity index (χ1n) is 15.0. The van der Waals surface area contributed by atoms with Gasteiger partial charge in [-0.25, -0.2) is 4.79 Å². The summed E-state index contributed by atoms with van der Waals surface area (Å²) < 4.78 is 13.1. The van der Waals surface area contributed by atoms with Crippen LogP contribution in [0.15, 0.2) is 60.7 Å². The lowest BCUT2D eigenvalue weighted by atomic mass is 9.63. The van der Waals surface area contributed by atoms with Gasteiger partial charge in [-0.1, -0.05) is 41.4 Å². The van der Waals surface area contributed by atoms with Crippen LogP contribution < -0.4 is 15.4 Å². The number of hydrogen-bond acceptors (Lipinski definition) is 5. The Morgan fingerprint density at radius 3 is 2.44 bits per heavy atom. The molecule has 3 aromatic rings. The van der Waals surface area contributed by atoms with Gasteiger partial charge in [-0.2, -0.15) is 0 Å². The van der Waals surface area contributed by atoms with Crippen LogP contribution in [0, 0.1) is 3.57 Å². The minimum atomic E-state index is -1.15. The van der Waals surface area contributed by atoms with E-state index < -0.39 is 23.0 Å². The predicted molar refractivity (Wildman–Crippen MR) is 182 cm³/mol. The number of nitrogens with one attached hydrogen (secondary N) is 2. The molecule has 0 unspecified atom stereocenters. The van der Waals surface area contributed by atoms with E-state index in [0.717, 1.165) is 14.7 Å². The van der Waals surface area contributed by atoms with Crippen LogP contribution in [0.1, 0.15) is 68.7 Å². The summed E-state index contributed by atoms with van der Waals surface area (Å²) in [5.74, 6) is -0.435. The molecule has 1 spiro atoms. The molecule has 8 nitrogen and oxygen atoms in total. The third-order valence-corrected chi connectivity index (χ3v) is 9.80. The Morgan fingerprint density at radius 2 is 1.73 bits per heavy atom. The van der Waals surface area contributed by atoms with Gasteiger partial charge in [0.05, 0.1) is 12.0 Å². The Kier molecular flexibility index (Phi) is 8.73. The van der Waals surface area contributed by atoms with Gasteiger partial charge in [0.1, 0.15) is 22.9 Å². The monoisotopic (exact) mass is 761 g/mol. The molecule has 3 heterocycles. The summed E-state index contributed by atoms with van der Waals surface area (Å²) in [4.78, 5) is 42.4. The zero-order chi connectivity index (χ0) is 32.1. The van der Waals surface area contributed by atoms with Crippen LogP contribution in [-0.4, -0.2) is 47.6 Å². The lowest BCUT2D eigenvalue weighted by molar-refractivity contribution is -0.131. The van der Waals surface area contributed by atoms with E-state index in [9.17, 15) is 14.4 Å². The van der Waals surface area contributed by atoms with Crippen LogP contribution in [0.25, 0.3) is 0 Å². The minimum absolute atomic E-state index is 0.166. The van der Waals surface area contributed by atoms with Crippen LogP contribution in [-0.2, 0) is 19.7 Å². The van der Waals surface area contributed by atoms with Gasteiger partial charge >= 0.3 is 6.09 Å². The molecule has 236 valence electrons. The highest BCUT2D eigenvalue weighted by atomic mass is 127. The average molecular weight is 762 g/mol. The highest BCUT2D eigenvalue weighted by molar-refractivity contribution is 14.1. The summed E-state index contributed by atoms with van der Waals surface area (Å²) in [5, 5.41) is 7.31. The van der Waals surface area contributed by atoms with Crippen LogP contribution >= 0.6 is 45.8 Å². The Bertz CT molecular complexity index is 1670. The molecule has 3 amide bonds. The lowest BCUT2D eigenvalue weighted by Gasteiger charge is -2.44. The molecule has 2 saturated heterocycles. The summed E-state index contributed by atoms with van der Waals surface area (Å²) in [5.41, 5.74) is 1.13. The fraction of sp³-hybridized carbons (Fsp3) is 0.382. The van der Waals surface area contributed by atoms with Crippen molar-refractivity contribution in [1.82, 2.24) is 10.2 Å². The van der Waals surface area contributed by atoms with E-state index in [2.05, 4.69) is 33.2 Å². The first-order chi connectivity index (χ1) is 21.3. The topological polar surface area (TPSA) is 97.0 Å². The molecule has 11 heteroatoms. The SMILES string of the molecule is CC(C)(C)OC(=O)N1CCC(Oc2ccc(I)cc2[C@H]2NC(=O)[C@@H](c3cccc(Cl)c3)C[C@]23C(=O)Nc2cc(Cl)ccc23)CC1. The molecular formula is C34H34Cl2IN3O5. The molecule has 0 saturated carbocycles. The quantitative estimate of drug-likeness (QED) is 0.267. The van der Waals surface area contributed by atoms with Crippen LogP contribution in [0.3, 0.4) is 0 Å². The molecule has 3 aliphatic rings. The van der Waals surface area contributed by atoms with Gasteiger partial charge in [-0.15, -0.1) is 0 Å². The molecule has 0 aromatic heterocycles. The Hall–Kier alpha value is -3.02. The van der Waals surface area contributed by atoms with Gasteiger partial charge < -0.3 is 25.0 Å². The number of hydrogen-bond donors (Lipinski definition) is 2. The maximum absolute atomic E-state index is 14.2. The predicted octanol–water partition coefficient (Wildman–Crippen LogP) is 7.61. The zero-order valence-electron chi connectivity index (χ0n) is 25.2. The molecular weight excluding hydrogens is 728 g/mol. The standard InChI is InChI=1S/C34H34Cl2IN3O5/c1-33(2,3)45-32(43)40-13-11-23(12-14-40)44-28-10-8-22(37)17-24(28)29-34(26-9-7-21(36)16-27(26)38-31(34)42)18-25(30(41)39-29)19-5-4-6-20(35)15-19/h4-10,15-17,23,25,29H,11-14,18H2,1-3H3,(H,38,42)(H,39,41)/t25-,29-,34-/m1/s1. The highest BCUT2D eigenvalue weighted by Gasteiger charge is 2.58. The van der Waals surface area contributed by atoms with E-state index in [0.29, 0.717) is 53.0 Å².